The van der Waals surface area contributed by atoms with Crippen LogP contribution in [0.25, 0.3) is 0 Å². The standard InChI is InChI=1S/C15H39BO2Si4/c1-14(2)15(3,4)18-16(17-14)22(19(5,6)7,20(8,9)10)21(11,12)13/h1-13H3. The van der Waals surface area contributed by atoms with Crippen LogP contribution in [-0.2, 0) is 9.31 Å². The molecule has 1 rings (SSSR count). The van der Waals surface area contributed by atoms with Crippen LogP contribution in [0.15, 0.2) is 0 Å². The van der Waals surface area contributed by atoms with Gasteiger partial charge < -0.3 is 9.31 Å². The van der Waals surface area contributed by atoms with E-state index < -0.39 is 29.3 Å². The molecule has 0 spiro atoms. The second-order valence-electron chi connectivity index (χ2n) is 11.1. The van der Waals surface area contributed by atoms with E-state index in [9.17, 15) is 0 Å². The molecule has 0 aliphatic carbocycles. The van der Waals surface area contributed by atoms with Gasteiger partial charge >= 0.3 is 6.71 Å². The van der Waals surface area contributed by atoms with Crippen LogP contribution < -0.4 is 0 Å². The Morgan fingerprint density at radius 2 is 0.773 bits per heavy atom. The average molecular weight is 375 g/mol. The van der Waals surface area contributed by atoms with Crippen molar-refractivity contribution in [1.29, 1.82) is 0 Å². The minimum atomic E-state index is -1.67. The lowest BCUT2D eigenvalue weighted by Gasteiger charge is -2.57. The summed E-state index contributed by atoms with van der Waals surface area (Å²) in [4.78, 5) is 0. The van der Waals surface area contributed by atoms with Crippen molar-refractivity contribution >= 4 is 36.0 Å². The zero-order chi connectivity index (χ0) is 18.0. The quantitative estimate of drug-likeness (QED) is 0.655. The molecule has 1 fully saturated rings. The van der Waals surface area contributed by atoms with Crippen LogP contribution in [0.3, 0.4) is 0 Å². The van der Waals surface area contributed by atoms with E-state index >= 15 is 0 Å². The Hall–Kier alpha value is 0.852. The SMILES string of the molecule is CC1(C)OB([Si]([Si](C)(C)C)([Si](C)(C)C)[Si](C)(C)C)OC1(C)C. The number of hydrogen-bond acceptors (Lipinski definition) is 2. The van der Waals surface area contributed by atoms with Gasteiger partial charge in [-0.15, -0.1) is 0 Å². The van der Waals surface area contributed by atoms with Gasteiger partial charge in [0, 0.05) is 22.8 Å². The molecular formula is C15H39BO2Si4. The van der Waals surface area contributed by atoms with Crippen molar-refractivity contribution < 1.29 is 9.31 Å². The van der Waals surface area contributed by atoms with Crippen LogP contribution in [0.1, 0.15) is 27.7 Å². The molecule has 1 heterocycles. The summed E-state index contributed by atoms with van der Waals surface area (Å²) in [5, 5.41) is 0. The average Bonchev–Trinajstić information content (AvgIpc) is 2.26. The molecule has 2 nitrogen and oxygen atoms in total. The van der Waals surface area contributed by atoms with Crippen molar-refractivity contribution in [3.63, 3.8) is 0 Å². The van der Waals surface area contributed by atoms with Crippen LogP contribution in [0.5, 0.6) is 0 Å². The fourth-order valence-electron chi connectivity index (χ4n) is 5.46. The zero-order valence-corrected chi connectivity index (χ0v) is 21.4. The highest BCUT2D eigenvalue weighted by Crippen LogP contribution is 2.46. The van der Waals surface area contributed by atoms with Crippen molar-refractivity contribution in [1.82, 2.24) is 0 Å². The lowest BCUT2D eigenvalue weighted by Crippen LogP contribution is -2.90. The summed E-state index contributed by atoms with van der Waals surface area (Å²) in [6.45, 7) is 30.7. The van der Waals surface area contributed by atoms with Gasteiger partial charge in [0.05, 0.1) is 17.7 Å². The lowest BCUT2D eigenvalue weighted by atomic mass is 9.90. The largest absolute Gasteiger partial charge is 0.425 e. The first-order valence-corrected chi connectivity index (χ1v) is 24.2. The van der Waals surface area contributed by atoms with E-state index in [2.05, 4.69) is 86.6 Å². The Morgan fingerprint density at radius 3 is 0.955 bits per heavy atom. The fraction of sp³-hybridized carbons (Fsp3) is 1.00. The third kappa shape index (κ3) is 2.94. The summed E-state index contributed by atoms with van der Waals surface area (Å²) in [5.41, 5.74) is -0.399. The van der Waals surface area contributed by atoms with E-state index in [0.29, 0.717) is 0 Å². The maximum Gasteiger partial charge on any atom is 0.425 e. The normalized spacial score (nSPS) is 23.0. The predicted molar refractivity (Wildman–Crippen MR) is 112 cm³/mol. The Morgan fingerprint density at radius 1 is 0.545 bits per heavy atom. The third-order valence-corrected chi connectivity index (χ3v) is 78.1. The Balaban J connectivity index is 3.62. The van der Waals surface area contributed by atoms with Crippen LogP contribution in [0.4, 0.5) is 0 Å². The molecule has 0 unspecified atom stereocenters. The van der Waals surface area contributed by atoms with Crippen molar-refractivity contribution in [2.45, 2.75) is 97.8 Å². The molecule has 7 heteroatoms. The van der Waals surface area contributed by atoms with E-state index in [1.807, 2.05) is 0 Å². The van der Waals surface area contributed by atoms with Gasteiger partial charge in [0.2, 0.25) is 0 Å². The molecule has 1 aliphatic rings. The van der Waals surface area contributed by atoms with Gasteiger partial charge in [-0.2, -0.15) is 0 Å². The maximum atomic E-state index is 6.75. The summed E-state index contributed by atoms with van der Waals surface area (Å²) >= 11 is 0. The monoisotopic (exact) mass is 374 g/mol. The molecule has 0 amide bonds. The summed E-state index contributed by atoms with van der Waals surface area (Å²) < 4.78 is 13.5. The maximum absolute atomic E-state index is 6.75. The summed E-state index contributed by atoms with van der Waals surface area (Å²) in [6.07, 6.45) is 0. The molecule has 0 aromatic carbocycles. The molecule has 0 aromatic rings. The smallest absolute Gasteiger partial charge is 0.407 e. The highest BCUT2D eigenvalue weighted by atomic mass is 29.9. The highest BCUT2D eigenvalue weighted by molar-refractivity contribution is 8.03. The predicted octanol–water partition coefficient (Wildman–Crippen LogP) is 4.86. The van der Waals surface area contributed by atoms with Crippen LogP contribution in [0.2, 0.25) is 58.9 Å². The summed E-state index contributed by atoms with van der Waals surface area (Å²) in [6, 6.07) is 0. The third-order valence-electron chi connectivity index (χ3n) is 6.16. The highest BCUT2D eigenvalue weighted by Gasteiger charge is 2.73. The Kier molecular flexibility index (Phi) is 5.15. The first-order valence-electron chi connectivity index (χ1n) is 8.67. The molecular weight excluding hydrogens is 335 g/mol. The Labute approximate surface area is 143 Å². The molecule has 130 valence electrons. The molecule has 0 aromatic heterocycles. The van der Waals surface area contributed by atoms with Gasteiger partial charge in [0.15, 0.2) is 0 Å². The van der Waals surface area contributed by atoms with Crippen LogP contribution in [0, 0.1) is 0 Å². The van der Waals surface area contributed by atoms with Crippen molar-refractivity contribution in [2.24, 2.45) is 0 Å². The molecule has 0 atom stereocenters. The van der Waals surface area contributed by atoms with E-state index in [1.165, 1.54) is 0 Å². The lowest BCUT2D eigenvalue weighted by molar-refractivity contribution is 0.00578. The van der Waals surface area contributed by atoms with Gasteiger partial charge in [-0.3, -0.25) is 0 Å². The van der Waals surface area contributed by atoms with Gasteiger partial charge in [-0.1, -0.05) is 58.9 Å². The van der Waals surface area contributed by atoms with E-state index in [0.717, 1.165) is 0 Å². The Bertz CT molecular complexity index is 378. The molecule has 0 saturated carbocycles. The minimum Gasteiger partial charge on any atom is -0.407 e. The molecule has 0 N–H and O–H groups in total. The van der Waals surface area contributed by atoms with E-state index in [1.54, 1.807) is 0 Å². The first kappa shape index (κ1) is 20.9. The second-order valence-corrected chi connectivity index (χ2v) is 51.8. The van der Waals surface area contributed by atoms with Gasteiger partial charge in [0.1, 0.15) is 0 Å². The minimum absolute atomic E-state index is 0.0995. The van der Waals surface area contributed by atoms with E-state index in [4.69, 9.17) is 9.31 Å². The van der Waals surface area contributed by atoms with Gasteiger partial charge in [-0.25, -0.2) is 0 Å². The van der Waals surface area contributed by atoms with Crippen molar-refractivity contribution in [2.75, 3.05) is 0 Å². The number of hydrogen-bond donors (Lipinski definition) is 0. The van der Waals surface area contributed by atoms with Gasteiger partial charge in [-0.05, 0) is 27.7 Å². The van der Waals surface area contributed by atoms with Crippen molar-refractivity contribution in [3.8, 4) is 0 Å². The second kappa shape index (κ2) is 5.42. The van der Waals surface area contributed by atoms with Crippen LogP contribution in [-0.4, -0.2) is 47.2 Å². The fourth-order valence-corrected chi connectivity index (χ4v) is 104. The number of rotatable bonds is 4. The molecule has 0 bridgehead atoms. The summed E-state index contributed by atoms with van der Waals surface area (Å²) in [5.74, 6) is 0. The van der Waals surface area contributed by atoms with Crippen molar-refractivity contribution in [3.05, 3.63) is 0 Å². The zero-order valence-electron chi connectivity index (χ0n) is 17.4. The van der Waals surface area contributed by atoms with E-state index in [-0.39, 0.29) is 17.9 Å². The van der Waals surface area contributed by atoms with Crippen LogP contribution >= 0.6 is 0 Å². The molecule has 1 aliphatic heterocycles. The summed E-state index contributed by atoms with van der Waals surface area (Å²) in [7, 11) is -4.16. The molecule has 22 heavy (non-hydrogen) atoms. The first-order chi connectivity index (χ1) is 9.31. The molecule has 1 saturated heterocycles. The molecule has 0 radical (unpaired) electrons. The topological polar surface area (TPSA) is 18.5 Å². The van der Waals surface area contributed by atoms with Gasteiger partial charge in [0.25, 0.3) is 0 Å².